The van der Waals surface area contributed by atoms with Crippen molar-refractivity contribution in [3.8, 4) is 0 Å². The molecule has 1 aliphatic rings. The van der Waals surface area contributed by atoms with E-state index in [1.807, 2.05) is 14.0 Å². The highest BCUT2D eigenvalue weighted by atomic mass is 127. The fraction of sp³-hybridized carbons (Fsp3) is 0.750. The molecule has 0 unspecified atom stereocenters. The molecule has 8 heteroatoms. The van der Waals surface area contributed by atoms with Crippen molar-refractivity contribution in [2.45, 2.75) is 26.3 Å². The highest BCUT2D eigenvalue weighted by molar-refractivity contribution is 14.0. The minimum absolute atomic E-state index is 0. The monoisotopic (exact) mass is 467 g/mol. The predicted octanol–water partition coefficient (Wildman–Crippen LogP) is 2.19. The number of guanidine groups is 1. The molecule has 1 fully saturated rings. The molecule has 1 N–H and O–H groups in total. The number of hydrogen-bond donors (Lipinski definition) is 1. The van der Waals surface area contributed by atoms with Gasteiger partial charge in [0.2, 0.25) is 0 Å². The number of aryl methyl sites for hydroxylation is 1. The number of unbranched alkanes of at least 4 members (excludes halogenated alkanes) is 1. The Balaban J connectivity index is 0.00000288. The smallest absolute Gasteiger partial charge is 0.193 e. The zero-order valence-corrected chi connectivity index (χ0v) is 18.1. The first-order valence-corrected chi connectivity index (χ1v) is 9.20. The minimum atomic E-state index is 0. The number of nitrogens with zero attached hydrogens (tertiary/aromatic N) is 4. The lowest BCUT2D eigenvalue weighted by Gasteiger charge is -2.26. The van der Waals surface area contributed by atoms with Crippen LogP contribution < -0.4 is 5.32 Å². The number of halogens is 1. The third kappa shape index (κ3) is 7.62. The number of thiazole rings is 1. The van der Waals surface area contributed by atoms with E-state index in [0.29, 0.717) is 0 Å². The lowest BCUT2D eigenvalue weighted by molar-refractivity contribution is 0.0372. The molecule has 2 rings (SSSR count). The Hall–Kier alpha value is -0.450. The number of ether oxygens (including phenoxy) is 1. The van der Waals surface area contributed by atoms with Crippen molar-refractivity contribution in [2.75, 3.05) is 53.5 Å². The van der Waals surface area contributed by atoms with Gasteiger partial charge in [0.25, 0.3) is 0 Å². The molecule has 1 saturated heterocycles. The van der Waals surface area contributed by atoms with Gasteiger partial charge in [-0.1, -0.05) is 0 Å². The number of aliphatic imine (C=N–C) groups is 1. The van der Waals surface area contributed by atoms with Crippen LogP contribution in [-0.4, -0.2) is 74.2 Å². The molecule has 0 aromatic carbocycles. The average Bonchev–Trinajstić information content (AvgIpc) is 2.96. The lowest BCUT2D eigenvalue weighted by atomic mass is 10.2. The first-order valence-electron chi connectivity index (χ1n) is 8.32. The van der Waals surface area contributed by atoms with E-state index in [1.54, 1.807) is 11.3 Å². The van der Waals surface area contributed by atoms with Crippen molar-refractivity contribution in [1.29, 1.82) is 0 Å². The maximum Gasteiger partial charge on any atom is 0.193 e. The molecule has 6 nitrogen and oxygen atoms in total. The van der Waals surface area contributed by atoms with Gasteiger partial charge in [0, 0.05) is 39.1 Å². The van der Waals surface area contributed by atoms with Crippen LogP contribution in [0.15, 0.2) is 10.4 Å². The Morgan fingerprint density at radius 1 is 1.42 bits per heavy atom. The summed E-state index contributed by atoms with van der Waals surface area (Å²) in [5.74, 6) is 0.932. The van der Waals surface area contributed by atoms with Crippen LogP contribution in [0.4, 0.5) is 0 Å². The number of aromatic nitrogens is 1. The van der Waals surface area contributed by atoms with E-state index in [4.69, 9.17) is 4.74 Å². The molecular formula is C16H30IN5OS. The highest BCUT2D eigenvalue weighted by Crippen LogP contribution is 2.09. The van der Waals surface area contributed by atoms with Gasteiger partial charge >= 0.3 is 0 Å². The first-order chi connectivity index (χ1) is 11.2. The Morgan fingerprint density at radius 2 is 2.17 bits per heavy atom. The van der Waals surface area contributed by atoms with Crippen LogP contribution in [0.5, 0.6) is 0 Å². The lowest BCUT2D eigenvalue weighted by Crippen LogP contribution is -2.39. The Morgan fingerprint density at radius 3 is 2.79 bits per heavy atom. The molecule has 1 aliphatic heterocycles. The molecule has 2 heterocycles. The van der Waals surface area contributed by atoms with E-state index in [1.165, 1.54) is 6.42 Å². The van der Waals surface area contributed by atoms with Gasteiger partial charge in [0.15, 0.2) is 5.96 Å². The predicted molar refractivity (Wildman–Crippen MR) is 112 cm³/mol. The fourth-order valence-corrected chi connectivity index (χ4v) is 3.27. The van der Waals surface area contributed by atoms with Crippen molar-refractivity contribution < 1.29 is 4.74 Å². The summed E-state index contributed by atoms with van der Waals surface area (Å²) in [6.45, 7) is 8.86. The summed E-state index contributed by atoms with van der Waals surface area (Å²) in [5.41, 5.74) is 1.10. The van der Waals surface area contributed by atoms with Crippen molar-refractivity contribution in [1.82, 2.24) is 20.1 Å². The van der Waals surface area contributed by atoms with E-state index in [-0.39, 0.29) is 24.0 Å². The standard InChI is InChI=1S/C16H29N5OS.HI/c1-14-19-15(13-23-14)12-20(3)16(17-2)18-6-4-5-7-21-8-10-22-11-9-21;/h13H,4-12H2,1-3H3,(H,17,18);1H. The number of nitrogens with one attached hydrogen (secondary N) is 1. The van der Waals surface area contributed by atoms with Crippen LogP contribution in [0, 0.1) is 6.92 Å². The summed E-state index contributed by atoms with van der Waals surface area (Å²) in [5, 5.41) is 6.67. The van der Waals surface area contributed by atoms with E-state index in [2.05, 4.69) is 37.5 Å². The van der Waals surface area contributed by atoms with E-state index in [0.717, 1.165) is 69.0 Å². The fourth-order valence-electron chi connectivity index (χ4n) is 2.67. The van der Waals surface area contributed by atoms with E-state index in [9.17, 15) is 0 Å². The van der Waals surface area contributed by atoms with Crippen LogP contribution in [-0.2, 0) is 11.3 Å². The maximum absolute atomic E-state index is 5.37. The van der Waals surface area contributed by atoms with Gasteiger partial charge in [-0.2, -0.15) is 0 Å². The summed E-state index contributed by atoms with van der Waals surface area (Å²) >= 11 is 1.69. The van der Waals surface area contributed by atoms with Crippen LogP contribution in [0.2, 0.25) is 0 Å². The zero-order valence-electron chi connectivity index (χ0n) is 15.0. The highest BCUT2D eigenvalue weighted by Gasteiger charge is 2.10. The largest absolute Gasteiger partial charge is 0.379 e. The summed E-state index contributed by atoms with van der Waals surface area (Å²) in [6, 6.07) is 0. The first kappa shape index (κ1) is 21.6. The Labute approximate surface area is 166 Å². The van der Waals surface area contributed by atoms with Crippen LogP contribution in [0.25, 0.3) is 0 Å². The van der Waals surface area contributed by atoms with Gasteiger partial charge in [-0.25, -0.2) is 4.98 Å². The molecule has 0 saturated carbocycles. The molecule has 0 atom stereocenters. The van der Waals surface area contributed by atoms with Gasteiger partial charge in [0.05, 0.1) is 30.5 Å². The summed E-state index contributed by atoms with van der Waals surface area (Å²) in [4.78, 5) is 13.5. The summed E-state index contributed by atoms with van der Waals surface area (Å²) in [7, 11) is 3.89. The second-order valence-electron chi connectivity index (χ2n) is 5.85. The quantitative estimate of drug-likeness (QED) is 0.289. The second kappa shape index (κ2) is 12.0. The normalized spacial score (nSPS) is 15.9. The Bertz CT molecular complexity index is 491. The van der Waals surface area contributed by atoms with Crippen molar-refractivity contribution >= 4 is 41.3 Å². The molecular weight excluding hydrogens is 437 g/mol. The molecule has 1 aromatic heterocycles. The van der Waals surface area contributed by atoms with Crippen molar-refractivity contribution in [3.63, 3.8) is 0 Å². The van der Waals surface area contributed by atoms with Gasteiger partial charge in [0.1, 0.15) is 0 Å². The van der Waals surface area contributed by atoms with E-state index >= 15 is 0 Å². The van der Waals surface area contributed by atoms with Crippen molar-refractivity contribution in [2.24, 2.45) is 4.99 Å². The number of hydrogen-bond acceptors (Lipinski definition) is 5. The molecule has 1 aromatic rings. The molecule has 0 amide bonds. The third-order valence-corrected chi connectivity index (χ3v) is 4.75. The van der Waals surface area contributed by atoms with Crippen molar-refractivity contribution in [3.05, 3.63) is 16.1 Å². The summed E-state index contributed by atoms with van der Waals surface area (Å²) in [6.07, 6.45) is 2.36. The number of rotatable bonds is 7. The minimum Gasteiger partial charge on any atom is -0.379 e. The molecule has 0 spiro atoms. The molecule has 0 radical (unpaired) electrons. The topological polar surface area (TPSA) is 53.0 Å². The van der Waals surface area contributed by atoms with Crippen LogP contribution in [0.3, 0.4) is 0 Å². The SMILES string of the molecule is CN=C(NCCCCN1CCOCC1)N(C)Cc1csc(C)n1.I. The van der Waals surface area contributed by atoms with E-state index < -0.39 is 0 Å². The average molecular weight is 467 g/mol. The van der Waals surface area contributed by atoms with Gasteiger partial charge in [-0.3, -0.25) is 9.89 Å². The molecule has 0 aliphatic carbocycles. The summed E-state index contributed by atoms with van der Waals surface area (Å²) < 4.78 is 5.37. The van der Waals surface area contributed by atoms with Crippen LogP contribution >= 0.6 is 35.3 Å². The van der Waals surface area contributed by atoms with Crippen LogP contribution in [0.1, 0.15) is 23.5 Å². The van der Waals surface area contributed by atoms with Gasteiger partial charge in [-0.05, 0) is 26.3 Å². The molecule has 138 valence electrons. The maximum atomic E-state index is 5.37. The third-order valence-electron chi connectivity index (χ3n) is 3.93. The Kier molecular flexibility index (Phi) is 10.8. The second-order valence-corrected chi connectivity index (χ2v) is 6.91. The zero-order chi connectivity index (χ0) is 16.5. The van der Waals surface area contributed by atoms with Gasteiger partial charge in [-0.15, -0.1) is 35.3 Å². The van der Waals surface area contributed by atoms with Gasteiger partial charge < -0.3 is 15.0 Å². The molecule has 0 bridgehead atoms. The molecule has 24 heavy (non-hydrogen) atoms. The number of morpholine rings is 1.